The first kappa shape index (κ1) is 27.6. The maximum atomic E-state index is 5.27. The molecular weight excluding hydrogens is 591 g/mol. The highest BCUT2D eigenvalue weighted by atomic mass is 32.1. The van der Waals surface area contributed by atoms with E-state index in [-0.39, 0.29) is 0 Å². The highest BCUT2D eigenvalue weighted by Crippen LogP contribution is 2.36. The molecule has 0 radical (unpaired) electrons. The van der Waals surface area contributed by atoms with E-state index in [1.807, 2.05) is 47.7 Å². The van der Waals surface area contributed by atoms with Crippen molar-refractivity contribution < 1.29 is 0 Å². The number of aromatic nitrogens is 3. The van der Waals surface area contributed by atoms with Crippen LogP contribution in [-0.4, -0.2) is 15.0 Å². The largest absolute Gasteiger partial charge is 0.247 e. The van der Waals surface area contributed by atoms with Crippen molar-refractivity contribution >= 4 is 44.5 Å². The Kier molecular flexibility index (Phi) is 6.80. The molecule has 3 heterocycles. The van der Waals surface area contributed by atoms with Crippen molar-refractivity contribution in [2.45, 2.75) is 12.8 Å². The predicted octanol–water partition coefficient (Wildman–Crippen LogP) is 9.93. The molecule has 4 heteroatoms. The van der Waals surface area contributed by atoms with E-state index in [2.05, 4.69) is 115 Å². The quantitative estimate of drug-likeness (QED) is 0.192. The minimum absolute atomic E-state index is 0.722. The van der Waals surface area contributed by atoms with Gasteiger partial charge in [-0.1, -0.05) is 133 Å². The van der Waals surface area contributed by atoms with E-state index in [9.17, 15) is 0 Å². The first-order chi connectivity index (χ1) is 23.3. The topological polar surface area (TPSA) is 38.7 Å². The summed E-state index contributed by atoms with van der Waals surface area (Å²) in [6.45, 7) is 0. The molecule has 3 aromatic heterocycles. The Bertz CT molecular complexity index is 2480. The summed E-state index contributed by atoms with van der Waals surface area (Å²) in [6, 6.07) is 48.6. The number of thiophene rings is 1. The molecule has 0 saturated heterocycles. The molecule has 0 atom stereocenters. The van der Waals surface area contributed by atoms with E-state index >= 15 is 0 Å². The Balaban J connectivity index is 1.15. The summed E-state index contributed by atoms with van der Waals surface area (Å²) in [4.78, 5) is 15.2. The fourth-order valence-corrected chi connectivity index (χ4v) is 7.86. The van der Waals surface area contributed by atoms with Gasteiger partial charge >= 0.3 is 0 Å². The van der Waals surface area contributed by atoms with Crippen LogP contribution in [0, 0.1) is 0 Å². The lowest BCUT2D eigenvalue weighted by Crippen LogP contribution is -2.21. The van der Waals surface area contributed by atoms with Gasteiger partial charge in [-0.05, 0) is 47.4 Å². The third-order valence-electron chi connectivity index (χ3n) is 8.92. The Morgan fingerprint density at radius 2 is 1.04 bits per heavy atom. The van der Waals surface area contributed by atoms with E-state index in [4.69, 9.17) is 15.0 Å². The minimum atomic E-state index is 0.722. The van der Waals surface area contributed by atoms with Crippen LogP contribution in [0.25, 0.3) is 89.4 Å². The van der Waals surface area contributed by atoms with Gasteiger partial charge in [0.05, 0.1) is 22.6 Å². The second kappa shape index (κ2) is 11.6. The first-order valence-electron chi connectivity index (χ1n) is 16.0. The summed E-state index contributed by atoms with van der Waals surface area (Å²) in [7, 11) is 0. The summed E-state index contributed by atoms with van der Waals surface area (Å²) < 4.78 is 2.68. The van der Waals surface area contributed by atoms with Crippen molar-refractivity contribution in [3.8, 4) is 56.3 Å². The number of nitrogens with zero attached hydrogens (tertiary/aromatic N) is 3. The van der Waals surface area contributed by atoms with E-state index in [1.165, 1.54) is 30.8 Å². The van der Waals surface area contributed by atoms with Gasteiger partial charge in [-0.15, -0.1) is 11.3 Å². The van der Waals surface area contributed by atoms with Crippen LogP contribution in [0.1, 0.15) is 12.8 Å². The average Bonchev–Trinajstić information content (AvgIpc) is 3.55. The van der Waals surface area contributed by atoms with Crippen molar-refractivity contribution in [1.29, 1.82) is 0 Å². The number of hydrogen-bond acceptors (Lipinski definition) is 4. The standard InChI is InChI=1S/C43H29N3S/c1-4-12-29(13-5-1)37-27-38(46-43(45-37)32-16-8-3-9-17-32)30-22-20-28(21-23-30)33-24-25-36-35(26-33)42-40(34-18-10-11-19-39(34)47-42)41(44-36)31-14-6-2-7-15-31/h1-9,12-27H,10-11H2. The van der Waals surface area contributed by atoms with Gasteiger partial charge in [0.1, 0.15) is 0 Å². The molecule has 47 heavy (non-hydrogen) atoms. The van der Waals surface area contributed by atoms with Gasteiger partial charge in [-0.3, -0.25) is 0 Å². The summed E-state index contributed by atoms with van der Waals surface area (Å²) >= 11 is 1.90. The van der Waals surface area contributed by atoms with Crippen LogP contribution in [-0.2, 0) is 0 Å². The predicted molar refractivity (Wildman–Crippen MR) is 197 cm³/mol. The molecule has 5 aromatic carbocycles. The average molecular weight is 620 g/mol. The van der Waals surface area contributed by atoms with Crippen LogP contribution < -0.4 is 9.75 Å². The third kappa shape index (κ3) is 5.04. The lowest BCUT2D eigenvalue weighted by Gasteiger charge is -2.11. The molecule has 3 nitrogen and oxygen atoms in total. The lowest BCUT2D eigenvalue weighted by molar-refractivity contribution is 1.13. The molecular formula is C43H29N3S. The molecule has 0 spiro atoms. The number of pyridine rings is 1. The van der Waals surface area contributed by atoms with Gasteiger partial charge in [0.25, 0.3) is 0 Å². The zero-order valence-electron chi connectivity index (χ0n) is 25.6. The Morgan fingerprint density at radius 1 is 0.468 bits per heavy atom. The Labute approximate surface area is 276 Å². The summed E-state index contributed by atoms with van der Waals surface area (Å²) in [6.07, 6.45) is 6.96. The molecule has 1 aliphatic rings. The van der Waals surface area contributed by atoms with Gasteiger partial charge in [0.15, 0.2) is 5.82 Å². The summed E-state index contributed by atoms with van der Waals surface area (Å²) in [5.74, 6) is 0.722. The third-order valence-corrected chi connectivity index (χ3v) is 10.2. The molecule has 0 fully saturated rings. The van der Waals surface area contributed by atoms with Crippen molar-refractivity contribution in [3.05, 3.63) is 149 Å². The zero-order valence-corrected chi connectivity index (χ0v) is 26.4. The van der Waals surface area contributed by atoms with Crippen LogP contribution in [0.15, 0.2) is 140 Å². The van der Waals surface area contributed by atoms with Crippen molar-refractivity contribution in [1.82, 2.24) is 15.0 Å². The first-order valence-corrected chi connectivity index (χ1v) is 16.8. The molecule has 0 amide bonds. The summed E-state index contributed by atoms with van der Waals surface area (Å²) in [5.41, 5.74) is 10.5. The van der Waals surface area contributed by atoms with Crippen LogP contribution in [0.5, 0.6) is 0 Å². The normalized spacial score (nSPS) is 12.4. The van der Waals surface area contributed by atoms with Crippen LogP contribution in [0.2, 0.25) is 0 Å². The van der Waals surface area contributed by atoms with Crippen LogP contribution in [0.3, 0.4) is 0 Å². The minimum Gasteiger partial charge on any atom is -0.247 e. The van der Waals surface area contributed by atoms with Gasteiger partial charge in [0.2, 0.25) is 0 Å². The number of hydrogen-bond donors (Lipinski definition) is 0. The zero-order chi connectivity index (χ0) is 31.2. The monoisotopic (exact) mass is 619 g/mol. The highest BCUT2D eigenvalue weighted by Gasteiger charge is 2.17. The Morgan fingerprint density at radius 3 is 1.74 bits per heavy atom. The number of fused-ring (bicyclic) bond motifs is 5. The van der Waals surface area contributed by atoms with Crippen molar-refractivity contribution in [3.63, 3.8) is 0 Å². The number of rotatable bonds is 5. The van der Waals surface area contributed by atoms with Crippen LogP contribution >= 0.6 is 11.3 Å². The van der Waals surface area contributed by atoms with Crippen molar-refractivity contribution in [2.75, 3.05) is 0 Å². The maximum absolute atomic E-state index is 5.27. The van der Waals surface area contributed by atoms with Gasteiger partial charge in [-0.25, -0.2) is 15.0 Å². The molecule has 0 saturated carbocycles. The van der Waals surface area contributed by atoms with E-state index in [0.29, 0.717) is 0 Å². The number of benzene rings is 5. The second-order valence-electron chi connectivity index (χ2n) is 11.9. The smallest absolute Gasteiger partial charge is 0.160 e. The van der Waals surface area contributed by atoms with Gasteiger partial charge in [-0.2, -0.15) is 0 Å². The molecule has 0 unspecified atom stereocenters. The van der Waals surface area contributed by atoms with E-state index in [1.54, 1.807) is 0 Å². The molecule has 222 valence electrons. The van der Waals surface area contributed by atoms with E-state index in [0.717, 1.165) is 69.1 Å². The summed E-state index contributed by atoms with van der Waals surface area (Å²) in [5, 5.41) is 3.83. The van der Waals surface area contributed by atoms with Crippen molar-refractivity contribution in [2.24, 2.45) is 0 Å². The molecule has 0 N–H and O–H groups in total. The molecule has 1 aliphatic carbocycles. The lowest BCUT2D eigenvalue weighted by atomic mass is 9.98. The van der Waals surface area contributed by atoms with Crippen LogP contribution in [0.4, 0.5) is 0 Å². The second-order valence-corrected chi connectivity index (χ2v) is 13.0. The molecule has 8 aromatic rings. The molecule has 0 bridgehead atoms. The fraction of sp³-hybridized carbons (Fsp3) is 0.0465. The Hall–Kier alpha value is -5.71. The SMILES string of the molecule is C1=c2sc3c(c(-c4ccccc4)nc4ccc(-c5ccc(-c6cc(-c7ccccc7)nc(-c7ccccc7)n6)cc5)cc43)c2=CCC1. The molecule has 9 rings (SSSR count). The maximum Gasteiger partial charge on any atom is 0.160 e. The van der Waals surface area contributed by atoms with Gasteiger partial charge < -0.3 is 0 Å². The van der Waals surface area contributed by atoms with E-state index < -0.39 is 0 Å². The van der Waals surface area contributed by atoms with Gasteiger partial charge in [0, 0.05) is 42.3 Å². The highest BCUT2D eigenvalue weighted by molar-refractivity contribution is 7.18. The molecule has 0 aliphatic heterocycles. The fourth-order valence-electron chi connectivity index (χ4n) is 6.56.